The van der Waals surface area contributed by atoms with Gasteiger partial charge >= 0.3 is 0 Å². The average molecular weight is 106 g/mol. The molecule has 0 atom stereocenters. The molecule has 0 saturated heterocycles. The highest BCUT2D eigenvalue weighted by Crippen LogP contribution is 1.93. The monoisotopic (exact) mass is 106 g/mol. The summed E-state index contributed by atoms with van der Waals surface area (Å²) in [5.74, 6) is 0. The van der Waals surface area contributed by atoms with Gasteiger partial charge < -0.3 is 5.73 Å². The third-order valence-electron chi connectivity index (χ3n) is 1.02. The Kier molecular flexibility index (Phi) is 1.65. The van der Waals surface area contributed by atoms with Crippen LogP contribution in [0, 0.1) is 6.07 Å². The fourth-order valence-electron chi connectivity index (χ4n) is 0.557. The molecule has 1 aromatic rings. The summed E-state index contributed by atoms with van der Waals surface area (Å²) >= 11 is 0. The SMILES string of the molecule is NCc1cc[c]cc1. The molecule has 0 fully saturated rings. The van der Waals surface area contributed by atoms with E-state index >= 15 is 0 Å². The van der Waals surface area contributed by atoms with Gasteiger partial charge in [0, 0.05) is 6.54 Å². The van der Waals surface area contributed by atoms with Gasteiger partial charge in [-0.3, -0.25) is 0 Å². The molecule has 8 heavy (non-hydrogen) atoms. The predicted molar refractivity (Wildman–Crippen MR) is 33.2 cm³/mol. The third-order valence-corrected chi connectivity index (χ3v) is 1.02. The zero-order valence-corrected chi connectivity index (χ0v) is 4.59. The quantitative estimate of drug-likeness (QED) is 0.566. The summed E-state index contributed by atoms with van der Waals surface area (Å²) in [6.07, 6.45) is 0. The first-order valence-electron chi connectivity index (χ1n) is 2.58. The van der Waals surface area contributed by atoms with E-state index in [1.165, 1.54) is 0 Å². The average Bonchev–Trinajstić information content (AvgIpc) is 1.90. The van der Waals surface area contributed by atoms with Crippen LogP contribution in [0.1, 0.15) is 5.56 Å². The van der Waals surface area contributed by atoms with E-state index in [1.54, 1.807) is 0 Å². The van der Waals surface area contributed by atoms with E-state index in [-0.39, 0.29) is 0 Å². The molecule has 0 aromatic heterocycles. The van der Waals surface area contributed by atoms with Crippen molar-refractivity contribution in [3.05, 3.63) is 35.9 Å². The molecule has 0 amide bonds. The van der Waals surface area contributed by atoms with E-state index in [4.69, 9.17) is 5.73 Å². The Hall–Kier alpha value is -0.820. The van der Waals surface area contributed by atoms with Crippen LogP contribution in [0.15, 0.2) is 24.3 Å². The van der Waals surface area contributed by atoms with Gasteiger partial charge in [-0.1, -0.05) is 24.3 Å². The molecule has 0 spiro atoms. The molecule has 0 saturated carbocycles. The fourth-order valence-corrected chi connectivity index (χ4v) is 0.557. The molecular weight excluding hydrogens is 98.1 g/mol. The summed E-state index contributed by atoms with van der Waals surface area (Å²) < 4.78 is 0. The zero-order valence-electron chi connectivity index (χ0n) is 4.59. The zero-order chi connectivity index (χ0) is 5.82. The number of nitrogens with two attached hydrogens (primary N) is 1. The highest BCUT2D eigenvalue weighted by molar-refractivity contribution is 5.12. The Bertz CT molecular complexity index is 146. The van der Waals surface area contributed by atoms with Crippen molar-refractivity contribution in [3.8, 4) is 0 Å². The minimum atomic E-state index is 0.620. The van der Waals surface area contributed by atoms with E-state index in [0.29, 0.717) is 6.54 Å². The highest BCUT2D eigenvalue weighted by Gasteiger charge is 1.80. The highest BCUT2D eigenvalue weighted by atomic mass is 14.5. The van der Waals surface area contributed by atoms with Gasteiger partial charge in [0.05, 0.1) is 0 Å². The number of benzene rings is 1. The lowest BCUT2D eigenvalue weighted by atomic mass is 10.2. The van der Waals surface area contributed by atoms with Gasteiger partial charge in [-0.15, -0.1) is 0 Å². The second-order valence-corrected chi connectivity index (χ2v) is 1.61. The van der Waals surface area contributed by atoms with Crippen molar-refractivity contribution in [3.63, 3.8) is 0 Å². The summed E-state index contributed by atoms with van der Waals surface area (Å²) in [5, 5.41) is 0. The topological polar surface area (TPSA) is 26.0 Å². The molecule has 0 bridgehead atoms. The first-order chi connectivity index (χ1) is 3.93. The van der Waals surface area contributed by atoms with Gasteiger partial charge in [-0.2, -0.15) is 0 Å². The van der Waals surface area contributed by atoms with Gasteiger partial charge in [0.2, 0.25) is 0 Å². The summed E-state index contributed by atoms with van der Waals surface area (Å²) in [5.41, 5.74) is 6.49. The maximum absolute atomic E-state index is 5.34. The van der Waals surface area contributed by atoms with Crippen LogP contribution in [-0.4, -0.2) is 0 Å². The molecule has 1 nitrogen and oxygen atoms in total. The van der Waals surface area contributed by atoms with E-state index in [9.17, 15) is 0 Å². The van der Waals surface area contributed by atoms with Crippen LogP contribution in [-0.2, 0) is 6.54 Å². The van der Waals surface area contributed by atoms with Crippen molar-refractivity contribution >= 4 is 0 Å². The van der Waals surface area contributed by atoms with Gasteiger partial charge in [0.25, 0.3) is 0 Å². The Balaban J connectivity index is 2.83. The van der Waals surface area contributed by atoms with Crippen LogP contribution < -0.4 is 5.73 Å². The van der Waals surface area contributed by atoms with E-state index in [0.717, 1.165) is 5.56 Å². The van der Waals surface area contributed by atoms with Crippen molar-refractivity contribution in [1.82, 2.24) is 0 Å². The van der Waals surface area contributed by atoms with Crippen LogP contribution in [0.4, 0.5) is 0 Å². The van der Waals surface area contributed by atoms with Gasteiger partial charge in [0.1, 0.15) is 0 Å². The maximum atomic E-state index is 5.34. The summed E-state index contributed by atoms with van der Waals surface area (Å²) in [6.45, 7) is 0.620. The van der Waals surface area contributed by atoms with Gasteiger partial charge in [-0.25, -0.2) is 0 Å². The third kappa shape index (κ3) is 1.07. The molecule has 0 aliphatic carbocycles. The van der Waals surface area contributed by atoms with E-state index < -0.39 is 0 Å². The normalized spacial score (nSPS) is 9.12. The molecule has 1 rings (SSSR count). The first kappa shape index (κ1) is 5.32. The van der Waals surface area contributed by atoms with Crippen LogP contribution in [0.5, 0.6) is 0 Å². The predicted octanol–water partition coefficient (Wildman–Crippen LogP) is 0.945. The van der Waals surface area contributed by atoms with E-state index in [1.807, 2.05) is 24.3 Å². The first-order valence-corrected chi connectivity index (χ1v) is 2.58. The van der Waals surface area contributed by atoms with Crippen molar-refractivity contribution in [2.45, 2.75) is 6.54 Å². The smallest absolute Gasteiger partial charge is 0.0178 e. The van der Waals surface area contributed by atoms with Crippen LogP contribution in [0.3, 0.4) is 0 Å². The Morgan fingerprint density at radius 1 is 1.38 bits per heavy atom. The molecule has 0 aliphatic rings. The largest absolute Gasteiger partial charge is 0.326 e. The molecule has 1 aromatic carbocycles. The fraction of sp³-hybridized carbons (Fsp3) is 0.143. The Labute approximate surface area is 49.1 Å². The lowest BCUT2D eigenvalue weighted by molar-refractivity contribution is 1.07. The maximum Gasteiger partial charge on any atom is 0.0178 e. The molecule has 1 radical (unpaired) electrons. The second kappa shape index (κ2) is 2.48. The van der Waals surface area contributed by atoms with Crippen molar-refractivity contribution in [1.29, 1.82) is 0 Å². The van der Waals surface area contributed by atoms with Crippen molar-refractivity contribution in [2.24, 2.45) is 5.73 Å². The minimum Gasteiger partial charge on any atom is -0.326 e. The summed E-state index contributed by atoms with van der Waals surface area (Å²) in [7, 11) is 0. The molecule has 0 aliphatic heterocycles. The van der Waals surface area contributed by atoms with E-state index in [2.05, 4.69) is 6.07 Å². The second-order valence-electron chi connectivity index (χ2n) is 1.61. The Morgan fingerprint density at radius 3 is 2.38 bits per heavy atom. The minimum absolute atomic E-state index is 0.620. The summed E-state index contributed by atoms with van der Waals surface area (Å²) in [6, 6.07) is 10.6. The number of hydrogen-bond donors (Lipinski definition) is 1. The van der Waals surface area contributed by atoms with Crippen LogP contribution in [0.2, 0.25) is 0 Å². The lowest BCUT2D eigenvalue weighted by Crippen LogP contribution is -1.94. The van der Waals surface area contributed by atoms with Crippen molar-refractivity contribution < 1.29 is 0 Å². The molecule has 2 N–H and O–H groups in total. The molecular formula is C7H8N. The molecule has 1 heteroatoms. The van der Waals surface area contributed by atoms with Crippen LogP contribution in [0.25, 0.3) is 0 Å². The molecule has 0 unspecified atom stereocenters. The molecule has 41 valence electrons. The van der Waals surface area contributed by atoms with Crippen molar-refractivity contribution in [2.75, 3.05) is 0 Å². The van der Waals surface area contributed by atoms with Gasteiger partial charge in [0.15, 0.2) is 0 Å². The number of hydrogen-bond acceptors (Lipinski definition) is 1. The molecule has 0 heterocycles. The Morgan fingerprint density at radius 2 is 2.00 bits per heavy atom. The summed E-state index contributed by atoms with van der Waals surface area (Å²) in [4.78, 5) is 0. The lowest BCUT2D eigenvalue weighted by Gasteiger charge is -1.89. The number of rotatable bonds is 1. The standard InChI is InChI=1S/C7H8N/c8-6-7-4-2-1-3-5-7/h2-5H,6,8H2. The van der Waals surface area contributed by atoms with Crippen LogP contribution >= 0.6 is 0 Å². The van der Waals surface area contributed by atoms with Gasteiger partial charge in [-0.05, 0) is 11.6 Å².